The lowest BCUT2D eigenvalue weighted by atomic mass is 10.1. The van der Waals surface area contributed by atoms with Gasteiger partial charge < -0.3 is 15.7 Å². The first-order chi connectivity index (χ1) is 8.72. The van der Waals surface area contributed by atoms with Crippen molar-refractivity contribution in [2.45, 2.75) is 6.54 Å². The van der Waals surface area contributed by atoms with E-state index in [2.05, 4.69) is 20.7 Å². The SMILES string of the molecule is NNc1c(F)cccc1C(=O)NCc1ncc[nH]1. The number of benzene rings is 1. The molecule has 2 rings (SSSR count). The van der Waals surface area contributed by atoms with Gasteiger partial charge in [-0.05, 0) is 12.1 Å². The molecule has 0 unspecified atom stereocenters. The highest BCUT2D eigenvalue weighted by Gasteiger charge is 2.14. The van der Waals surface area contributed by atoms with Crippen LogP contribution in [0.2, 0.25) is 0 Å². The van der Waals surface area contributed by atoms with E-state index < -0.39 is 11.7 Å². The maximum atomic E-state index is 13.4. The number of carbonyl (C=O) groups excluding carboxylic acids is 1. The van der Waals surface area contributed by atoms with Gasteiger partial charge in [0.25, 0.3) is 5.91 Å². The number of para-hydroxylation sites is 1. The van der Waals surface area contributed by atoms with E-state index in [1.807, 2.05) is 0 Å². The largest absolute Gasteiger partial charge is 0.347 e. The Morgan fingerprint density at radius 1 is 1.50 bits per heavy atom. The first kappa shape index (κ1) is 12.1. The van der Waals surface area contributed by atoms with Crippen LogP contribution in [0.4, 0.5) is 10.1 Å². The molecule has 0 spiro atoms. The predicted molar refractivity (Wildman–Crippen MR) is 64.0 cm³/mol. The smallest absolute Gasteiger partial charge is 0.253 e. The number of hydrogen-bond acceptors (Lipinski definition) is 4. The Bertz CT molecular complexity index is 540. The maximum absolute atomic E-state index is 13.4. The first-order valence-electron chi connectivity index (χ1n) is 5.24. The summed E-state index contributed by atoms with van der Waals surface area (Å²) in [6.07, 6.45) is 3.23. The van der Waals surface area contributed by atoms with Crippen molar-refractivity contribution in [3.05, 3.63) is 47.8 Å². The maximum Gasteiger partial charge on any atom is 0.253 e. The van der Waals surface area contributed by atoms with E-state index in [9.17, 15) is 9.18 Å². The van der Waals surface area contributed by atoms with E-state index in [1.54, 1.807) is 12.4 Å². The van der Waals surface area contributed by atoms with Crippen molar-refractivity contribution in [1.82, 2.24) is 15.3 Å². The number of hydrogen-bond donors (Lipinski definition) is 4. The molecule has 2 aromatic rings. The summed E-state index contributed by atoms with van der Waals surface area (Å²) >= 11 is 0. The number of aromatic nitrogens is 2. The van der Waals surface area contributed by atoms with Crippen molar-refractivity contribution in [2.75, 3.05) is 5.43 Å². The summed E-state index contributed by atoms with van der Waals surface area (Å²) < 4.78 is 13.4. The second-order valence-corrected chi connectivity index (χ2v) is 3.53. The number of anilines is 1. The van der Waals surface area contributed by atoms with Crippen LogP contribution in [0.25, 0.3) is 0 Å². The van der Waals surface area contributed by atoms with Crippen LogP contribution >= 0.6 is 0 Å². The Kier molecular flexibility index (Phi) is 3.54. The first-order valence-corrected chi connectivity index (χ1v) is 5.24. The van der Waals surface area contributed by atoms with Gasteiger partial charge in [-0.3, -0.25) is 10.6 Å². The highest BCUT2D eigenvalue weighted by atomic mass is 19.1. The minimum absolute atomic E-state index is 0.0329. The van der Waals surface area contributed by atoms with Crippen LogP contribution in [0, 0.1) is 5.82 Å². The quantitative estimate of drug-likeness (QED) is 0.475. The summed E-state index contributed by atoms with van der Waals surface area (Å²) in [5.74, 6) is 4.79. The number of aromatic amines is 1. The summed E-state index contributed by atoms with van der Waals surface area (Å²) in [6.45, 7) is 0.229. The molecule has 1 aromatic carbocycles. The van der Waals surface area contributed by atoms with Gasteiger partial charge in [-0.2, -0.15) is 0 Å². The Hall–Kier alpha value is -2.41. The topological polar surface area (TPSA) is 95.8 Å². The lowest BCUT2D eigenvalue weighted by Gasteiger charge is -2.09. The molecule has 0 bridgehead atoms. The van der Waals surface area contributed by atoms with Crippen LogP contribution in [0.15, 0.2) is 30.6 Å². The molecule has 1 amide bonds. The Balaban J connectivity index is 2.11. The predicted octanol–water partition coefficient (Wildman–Crippen LogP) is 0.764. The molecule has 0 saturated heterocycles. The monoisotopic (exact) mass is 249 g/mol. The third-order valence-corrected chi connectivity index (χ3v) is 2.37. The summed E-state index contributed by atoms with van der Waals surface area (Å²) in [4.78, 5) is 18.7. The van der Waals surface area contributed by atoms with Crippen LogP contribution in [0.5, 0.6) is 0 Å². The van der Waals surface area contributed by atoms with Crippen LogP contribution in [0.1, 0.15) is 16.2 Å². The molecular formula is C11H12FN5O. The molecule has 5 N–H and O–H groups in total. The zero-order valence-corrected chi connectivity index (χ0v) is 9.40. The van der Waals surface area contributed by atoms with Crippen molar-refractivity contribution in [1.29, 1.82) is 0 Å². The van der Waals surface area contributed by atoms with Gasteiger partial charge in [0, 0.05) is 12.4 Å². The minimum atomic E-state index is -0.580. The molecule has 18 heavy (non-hydrogen) atoms. The second-order valence-electron chi connectivity index (χ2n) is 3.53. The number of nitrogens with zero attached hydrogens (tertiary/aromatic N) is 1. The summed E-state index contributed by atoms with van der Waals surface area (Å²) in [5.41, 5.74) is 2.29. The number of hydrazine groups is 1. The average molecular weight is 249 g/mol. The van der Waals surface area contributed by atoms with E-state index in [4.69, 9.17) is 5.84 Å². The molecule has 0 radical (unpaired) electrons. The van der Waals surface area contributed by atoms with Gasteiger partial charge in [-0.1, -0.05) is 6.07 Å². The van der Waals surface area contributed by atoms with Crippen LogP contribution in [-0.2, 0) is 6.54 Å². The van der Waals surface area contributed by atoms with Crippen LogP contribution in [0.3, 0.4) is 0 Å². The number of imidazole rings is 1. The van der Waals surface area contributed by atoms with Gasteiger partial charge in [-0.25, -0.2) is 9.37 Å². The van der Waals surface area contributed by atoms with Gasteiger partial charge in [0.2, 0.25) is 0 Å². The fraction of sp³-hybridized carbons (Fsp3) is 0.0909. The van der Waals surface area contributed by atoms with Gasteiger partial charge >= 0.3 is 0 Å². The minimum Gasteiger partial charge on any atom is -0.347 e. The number of amides is 1. The third kappa shape index (κ3) is 2.46. The standard InChI is InChI=1S/C11H12FN5O/c12-8-3-1-2-7(10(8)17-13)11(18)16-6-9-14-4-5-15-9/h1-5,17H,6,13H2,(H,14,15)(H,16,18). The Morgan fingerprint density at radius 2 is 2.33 bits per heavy atom. The lowest BCUT2D eigenvalue weighted by molar-refractivity contribution is 0.0950. The molecule has 0 atom stereocenters. The zero-order chi connectivity index (χ0) is 13.0. The van der Waals surface area contributed by atoms with Crippen LogP contribution < -0.4 is 16.6 Å². The molecule has 0 aliphatic rings. The van der Waals surface area contributed by atoms with Crippen LogP contribution in [-0.4, -0.2) is 15.9 Å². The fourth-order valence-electron chi connectivity index (χ4n) is 1.51. The third-order valence-electron chi connectivity index (χ3n) is 2.37. The van der Waals surface area contributed by atoms with Crippen molar-refractivity contribution in [3.63, 3.8) is 0 Å². The summed E-state index contributed by atoms with van der Waals surface area (Å²) in [5, 5.41) is 2.61. The number of nitrogen functional groups attached to an aromatic ring is 1. The van der Waals surface area contributed by atoms with E-state index in [-0.39, 0.29) is 17.8 Å². The van der Waals surface area contributed by atoms with E-state index >= 15 is 0 Å². The van der Waals surface area contributed by atoms with E-state index in [0.717, 1.165) is 0 Å². The zero-order valence-electron chi connectivity index (χ0n) is 9.40. The molecule has 0 saturated carbocycles. The Labute approximate surface area is 102 Å². The van der Waals surface area contributed by atoms with Crippen molar-refractivity contribution < 1.29 is 9.18 Å². The van der Waals surface area contributed by atoms with E-state index in [1.165, 1.54) is 18.2 Å². The van der Waals surface area contributed by atoms with Gasteiger partial charge in [-0.15, -0.1) is 0 Å². The van der Waals surface area contributed by atoms with Crippen molar-refractivity contribution >= 4 is 11.6 Å². The second kappa shape index (κ2) is 5.28. The van der Waals surface area contributed by atoms with E-state index in [0.29, 0.717) is 5.82 Å². The van der Waals surface area contributed by atoms with Gasteiger partial charge in [0.05, 0.1) is 17.8 Å². The molecule has 6 nitrogen and oxygen atoms in total. The van der Waals surface area contributed by atoms with Crippen molar-refractivity contribution in [2.24, 2.45) is 5.84 Å². The number of halogens is 1. The molecule has 7 heteroatoms. The highest BCUT2D eigenvalue weighted by molar-refractivity contribution is 5.99. The number of nitrogens with two attached hydrogens (primary N) is 1. The molecule has 0 aliphatic carbocycles. The molecule has 94 valence electrons. The van der Waals surface area contributed by atoms with Gasteiger partial charge in [0.15, 0.2) is 0 Å². The molecular weight excluding hydrogens is 237 g/mol. The number of nitrogens with one attached hydrogen (secondary N) is 3. The Morgan fingerprint density at radius 3 is 3.00 bits per heavy atom. The van der Waals surface area contributed by atoms with Gasteiger partial charge in [0.1, 0.15) is 11.6 Å². The summed E-state index contributed by atoms with van der Waals surface area (Å²) in [7, 11) is 0. The molecule has 1 heterocycles. The molecule has 1 aromatic heterocycles. The fourth-order valence-corrected chi connectivity index (χ4v) is 1.51. The highest BCUT2D eigenvalue weighted by Crippen LogP contribution is 2.18. The number of H-pyrrole nitrogens is 1. The average Bonchev–Trinajstić information content (AvgIpc) is 2.88. The summed E-state index contributed by atoms with van der Waals surface area (Å²) in [6, 6.07) is 4.15. The number of carbonyl (C=O) groups is 1. The molecule has 0 fully saturated rings. The van der Waals surface area contributed by atoms with Crippen molar-refractivity contribution in [3.8, 4) is 0 Å². The molecule has 0 aliphatic heterocycles. The number of rotatable bonds is 4. The normalized spacial score (nSPS) is 10.1. The lowest BCUT2D eigenvalue weighted by Crippen LogP contribution is -2.25.